The van der Waals surface area contributed by atoms with Gasteiger partial charge in [-0.3, -0.25) is 0 Å². The lowest BCUT2D eigenvalue weighted by atomic mass is 10.1. The molecule has 1 rings (SSSR count). The molecule has 0 spiro atoms. The zero-order valence-corrected chi connectivity index (χ0v) is 13.6. The van der Waals surface area contributed by atoms with Gasteiger partial charge < -0.3 is 0 Å². The van der Waals surface area contributed by atoms with Crippen molar-refractivity contribution in [3.05, 3.63) is 41.5 Å². The molecule has 0 saturated carbocycles. The highest BCUT2D eigenvalue weighted by Gasteiger charge is 2.36. The molecule has 0 N–H and O–H groups in total. The van der Waals surface area contributed by atoms with Gasteiger partial charge in [-0.15, -0.1) is 0 Å². The van der Waals surface area contributed by atoms with Crippen LogP contribution in [0.3, 0.4) is 0 Å². The molecule has 0 aliphatic heterocycles. The van der Waals surface area contributed by atoms with E-state index in [-0.39, 0.29) is 0 Å². The van der Waals surface area contributed by atoms with Crippen LogP contribution in [0.1, 0.15) is 31.9 Å². The van der Waals surface area contributed by atoms with Gasteiger partial charge in [0.05, 0.1) is 8.07 Å². The predicted octanol–water partition coefficient (Wildman–Crippen LogP) is 5.99. The van der Waals surface area contributed by atoms with Gasteiger partial charge in [0.15, 0.2) is 0 Å². The van der Waals surface area contributed by atoms with Crippen molar-refractivity contribution in [2.24, 2.45) is 0 Å². The van der Waals surface area contributed by atoms with Gasteiger partial charge in [-0.2, -0.15) is 13.2 Å². The standard InChI is InChI=1S/C16H23F3Si/c1-5-20(6-2,7-3)15(12-16(17,18)19)14-10-8-13(4)9-11-14/h8-12H,5-7H2,1-4H3/b15-12+. The number of allylic oxidation sites excluding steroid dienone is 1. The van der Waals surface area contributed by atoms with Crippen LogP contribution in [-0.4, -0.2) is 14.3 Å². The molecule has 0 aliphatic rings. The van der Waals surface area contributed by atoms with Crippen LogP contribution in [0.4, 0.5) is 13.2 Å². The molecule has 0 saturated heterocycles. The summed E-state index contributed by atoms with van der Waals surface area (Å²) in [4.78, 5) is 0. The number of aryl methyl sites for hydroxylation is 1. The molecule has 1 aromatic rings. The number of rotatable bonds is 5. The van der Waals surface area contributed by atoms with Crippen LogP contribution in [-0.2, 0) is 0 Å². The van der Waals surface area contributed by atoms with Crippen LogP contribution in [0.2, 0.25) is 18.1 Å². The van der Waals surface area contributed by atoms with Crippen molar-refractivity contribution >= 4 is 13.3 Å². The zero-order valence-electron chi connectivity index (χ0n) is 12.6. The van der Waals surface area contributed by atoms with Gasteiger partial charge in [0.2, 0.25) is 0 Å². The first-order valence-electron chi connectivity index (χ1n) is 7.15. The summed E-state index contributed by atoms with van der Waals surface area (Å²) in [6.07, 6.45) is -3.70. The first kappa shape index (κ1) is 17.0. The third-order valence-electron chi connectivity index (χ3n) is 4.27. The Bertz CT molecular complexity index is 445. The molecule has 112 valence electrons. The van der Waals surface area contributed by atoms with E-state index < -0.39 is 14.3 Å². The topological polar surface area (TPSA) is 0 Å². The predicted molar refractivity (Wildman–Crippen MR) is 82.4 cm³/mol. The molecule has 0 unspecified atom stereocenters. The molecule has 20 heavy (non-hydrogen) atoms. The first-order valence-corrected chi connectivity index (χ1v) is 9.77. The largest absolute Gasteiger partial charge is 0.409 e. The molecule has 0 heterocycles. The number of hydrogen-bond acceptors (Lipinski definition) is 0. The SMILES string of the molecule is CC[Si](CC)(CC)/C(=C/C(F)(F)F)c1ccc(C)cc1. The molecule has 4 heteroatoms. The van der Waals surface area contributed by atoms with Gasteiger partial charge in [0.25, 0.3) is 0 Å². The van der Waals surface area contributed by atoms with Crippen molar-refractivity contribution in [2.75, 3.05) is 0 Å². The van der Waals surface area contributed by atoms with Gasteiger partial charge in [0, 0.05) is 6.08 Å². The fourth-order valence-corrected chi connectivity index (χ4v) is 6.65. The molecule has 0 fully saturated rings. The second kappa shape index (κ2) is 6.61. The Kier molecular flexibility index (Phi) is 5.63. The third kappa shape index (κ3) is 3.98. The van der Waals surface area contributed by atoms with E-state index in [4.69, 9.17) is 0 Å². The van der Waals surface area contributed by atoms with Crippen LogP contribution in [0.15, 0.2) is 30.3 Å². The van der Waals surface area contributed by atoms with Crippen molar-refractivity contribution < 1.29 is 13.2 Å². The average Bonchev–Trinajstić information content (AvgIpc) is 2.40. The highest BCUT2D eigenvalue weighted by atomic mass is 28.3. The highest BCUT2D eigenvalue weighted by Crippen LogP contribution is 2.38. The van der Waals surface area contributed by atoms with E-state index in [1.165, 1.54) is 0 Å². The minimum absolute atomic E-state index is 0.553. The molecule has 0 aliphatic carbocycles. The van der Waals surface area contributed by atoms with Gasteiger partial charge in [-0.1, -0.05) is 68.7 Å². The normalized spacial score (nSPS) is 13.7. The summed E-state index contributed by atoms with van der Waals surface area (Å²) in [5.41, 5.74) is 1.81. The lowest BCUT2D eigenvalue weighted by Crippen LogP contribution is -2.34. The fraction of sp³-hybridized carbons (Fsp3) is 0.500. The van der Waals surface area contributed by atoms with E-state index in [9.17, 15) is 13.2 Å². The Hall–Kier alpha value is -1.03. The number of halogens is 3. The average molecular weight is 300 g/mol. The summed E-state index contributed by atoms with van der Waals surface area (Å²) in [6, 6.07) is 9.96. The Balaban J connectivity index is 3.43. The maximum atomic E-state index is 13.0. The molecule has 0 bridgehead atoms. The number of hydrogen-bond donors (Lipinski definition) is 0. The van der Waals surface area contributed by atoms with Crippen molar-refractivity contribution in [1.29, 1.82) is 0 Å². The maximum Gasteiger partial charge on any atom is 0.409 e. The summed E-state index contributed by atoms with van der Waals surface area (Å²) in [6.45, 7) is 8.02. The Morgan fingerprint density at radius 2 is 1.45 bits per heavy atom. The summed E-state index contributed by atoms with van der Waals surface area (Å²) < 4.78 is 38.9. The van der Waals surface area contributed by atoms with E-state index in [1.54, 1.807) is 0 Å². The van der Waals surface area contributed by atoms with Gasteiger partial charge >= 0.3 is 6.18 Å². The van der Waals surface area contributed by atoms with E-state index in [0.29, 0.717) is 11.3 Å². The number of alkyl halides is 3. The lowest BCUT2D eigenvalue weighted by Gasteiger charge is -2.32. The van der Waals surface area contributed by atoms with E-state index in [0.717, 1.165) is 29.3 Å². The minimum Gasteiger partial charge on any atom is -0.167 e. The van der Waals surface area contributed by atoms with Crippen LogP contribution < -0.4 is 0 Å². The van der Waals surface area contributed by atoms with Crippen molar-refractivity contribution in [3.63, 3.8) is 0 Å². The van der Waals surface area contributed by atoms with E-state index in [2.05, 4.69) is 0 Å². The molecule has 0 amide bonds. The van der Waals surface area contributed by atoms with E-state index >= 15 is 0 Å². The van der Waals surface area contributed by atoms with Crippen LogP contribution in [0, 0.1) is 6.92 Å². The zero-order chi connectivity index (χ0) is 15.4. The summed E-state index contributed by atoms with van der Waals surface area (Å²) in [5.74, 6) is 0. The summed E-state index contributed by atoms with van der Waals surface area (Å²) >= 11 is 0. The first-order chi connectivity index (χ1) is 9.28. The molecule has 1 aromatic carbocycles. The van der Waals surface area contributed by atoms with Crippen molar-refractivity contribution in [3.8, 4) is 0 Å². The van der Waals surface area contributed by atoms with Gasteiger partial charge in [-0.25, -0.2) is 0 Å². The van der Waals surface area contributed by atoms with Crippen molar-refractivity contribution in [1.82, 2.24) is 0 Å². The van der Waals surface area contributed by atoms with Crippen molar-refractivity contribution in [2.45, 2.75) is 52.0 Å². The fourth-order valence-electron chi connectivity index (χ4n) is 2.76. The molecular formula is C16H23F3Si. The van der Waals surface area contributed by atoms with Crippen LogP contribution in [0.25, 0.3) is 5.20 Å². The monoisotopic (exact) mass is 300 g/mol. The van der Waals surface area contributed by atoms with Gasteiger partial charge in [0.1, 0.15) is 0 Å². The van der Waals surface area contributed by atoms with Gasteiger partial charge in [-0.05, 0) is 17.7 Å². The quantitative estimate of drug-likeness (QED) is 0.586. The smallest absolute Gasteiger partial charge is 0.167 e. The molecular weight excluding hydrogens is 277 g/mol. The summed E-state index contributed by atoms with van der Waals surface area (Å²) in [7, 11) is -2.07. The van der Waals surface area contributed by atoms with Crippen LogP contribution >= 0.6 is 0 Å². The third-order valence-corrected chi connectivity index (χ3v) is 9.91. The highest BCUT2D eigenvalue weighted by molar-refractivity contribution is 6.96. The second-order valence-corrected chi connectivity index (χ2v) is 10.5. The molecule has 0 nitrogen and oxygen atoms in total. The Labute approximate surface area is 120 Å². The molecule has 0 radical (unpaired) electrons. The lowest BCUT2D eigenvalue weighted by molar-refractivity contribution is -0.0792. The Morgan fingerprint density at radius 1 is 1.00 bits per heavy atom. The maximum absolute atomic E-state index is 13.0. The minimum atomic E-state index is -4.25. The second-order valence-electron chi connectivity index (χ2n) is 5.31. The molecule has 0 aromatic heterocycles. The molecule has 0 atom stereocenters. The Morgan fingerprint density at radius 3 is 1.80 bits per heavy atom. The van der Waals surface area contributed by atoms with Crippen LogP contribution in [0.5, 0.6) is 0 Å². The summed E-state index contributed by atoms with van der Waals surface area (Å²) in [5, 5.41) is 0.553. The number of benzene rings is 1. The van der Waals surface area contributed by atoms with E-state index in [1.807, 2.05) is 52.0 Å².